The molecule has 0 radical (unpaired) electrons. The van der Waals surface area contributed by atoms with E-state index in [4.69, 9.17) is 4.74 Å². The van der Waals surface area contributed by atoms with E-state index in [-0.39, 0.29) is 30.3 Å². The SMILES string of the molecule is COCc1nn2c(c1-c1ccc(C)cc1)NC(=O)C2CC(=O)Nc1ccccc1[N+](=O)[O-]. The average Bonchev–Trinajstić information content (AvgIpc) is 3.24. The molecule has 2 N–H and O–H groups in total. The average molecular weight is 435 g/mol. The van der Waals surface area contributed by atoms with Gasteiger partial charge >= 0.3 is 0 Å². The molecule has 0 bridgehead atoms. The number of hydrogen-bond acceptors (Lipinski definition) is 6. The first kappa shape index (κ1) is 21.2. The molecular weight excluding hydrogens is 414 g/mol. The number of rotatable bonds is 7. The number of fused-ring (bicyclic) bond motifs is 1. The number of para-hydroxylation sites is 2. The van der Waals surface area contributed by atoms with Gasteiger partial charge in [0.2, 0.25) is 5.91 Å². The predicted molar refractivity (Wildman–Crippen MR) is 117 cm³/mol. The summed E-state index contributed by atoms with van der Waals surface area (Å²) in [6.45, 7) is 2.21. The quantitative estimate of drug-likeness (QED) is 0.432. The van der Waals surface area contributed by atoms with Crippen LogP contribution in [0.4, 0.5) is 17.2 Å². The van der Waals surface area contributed by atoms with Gasteiger partial charge in [-0.2, -0.15) is 5.10 Å². The van der Waals surface area contributed by atoms with Gasteiger partial charge in [0.25, 0.3) is 11.6 Å². The fourth-order valence-electron chi connectivity index (χ4n) is 3.69. The number of nitrogens with zero attached hydrogens (tertiary/aromatic N) is 3. The molecule has 1 unspecified atom stereocenters. The van der Waals surface area contributed by atoms with Crippen molar-refractivity contribution in [1.82, 2.24) is 9.78 Å². The van der Waals surface area contributed by atoms with Crippen molar-refractivity contribution in [2.75, 3.05) is 17.7 Å². The molecular formula is C22H21N5O5. The van der Waals surface area contributed by atoms with Crippen LogP contribution in [0, 0.1) is 17.0 Å². The Hall–Kier alpha value is -4.05. The van der Waals surface area contributed by atoms with Crippen LogP contribution in [-0.2, 0) is 20.9 Å². The van der Waals surface area contributed by atoms with E-state index in [0.29, 0.717) is 11.5 Å². The summed E-state index contributed by atoms with van der Waals surface area (Å²) in [6.07, 6.45) is -0.230. The minimum absolute atomic E-state index is 0.0713. The zero-order valence-electron chi connectivity index (χ0n) is 17.5. The fourth-order valence-corrected chi connectivity index (χ4v) is 3.69. The van der Waals surface area contributed by atoms with Crippen molar-refractivity contribution in [3.63, 3.8) is 0 Å². The number of ether oxygens (including phenoxy) is 1. The molecule has 0 saturated carbocycles. The zero-order valence-corrected chi connectivity index (χ0v) is 17.5. The number of carbonyl (C=O) groups excluding carboxylic acids is 2. The second-order valence-corrected chi connectivity index (χ2v) is 7.45. The van der Waals surface area contributed by atoms with Gasteiger partial charge in [-0.15, -0.1) is 0 Å². The van der Waals surface area contributed by atoms with E-state index in [1.54, 1.807) is 13.2 Å². The second kappa shape index (κ2) is 8.60. The molecule has 4 rings (SSSR count). The number of nitro groups is 1. The van der Waals surface area contributed by atoms with Crippen molar-refractivity contribution in [1.29, 1.82) is 0 Å². The van der Waals surface area contributed by atoms with Crippen molar-refractivity contribution < 1.29 is 19.2 Å². The first-order valence-electron chi connectivity index (χ1n) is 9.90. The Morgan fingerprint density at radius 3 is 2.66 bits per heavy atom. The van der Waals surface area contributed by atoms with Crippen LogP contribution in [0.5, 0.6) is 0 Å². The third-order valence-electron chi connectivity index (χ3n) is 5.20. The lowest BCUT2D eigenvalue weighted by Crippen LogP contribution is -2.24. The molecule has 1 aliphatic rings. The van der Waals surface area contributed by atoms with E-state index in [2.05, 4.69) is 15.7 Å². The molecule has 164 valence electrons. The van der Waals surface area contributed by atoms with Crippen molar-refractivity contribution in [2.24, 2.45) is 0 Å². The van der Waals surface area contributed by atoms with Gasteiger partial charge in [0.05, 0.1) is 23.6 Å². The molecule has 2 amide bonds. The number of nitrogens with one attached hydrogen (secondary N) is 2. The van der Waals surface area contributed by atoms with E-state index in [1.807, 2.05) is 31.2 Å². The molecule has 3 aromatic rings. The number of benzene rings is 2. The lowest BCUT2D eigenvalue weighted by Gasteiger charge is -2.10. The highest BCUT2D eigenvalue weighted by molar-refractivity contribution is 6.04. The van der Waals surface area contributed by atoms with Gasteiger partial charge in [0.15, 0.2) is 0 Å². The normalized spacial score (nSPS) is 14.7. The van der Waals surface area contributed by atoms with E-state index >= 15 is 0 Å². The first-order chi connectivity index (χ1) is 15.4. The first-order valence-corrected chi connectivity index (χ1v) is 9.90. The van der Waals surface area contributed by atoms with Crippen LogP contribution in [0.25, 0.3) is 11.1 Å². The molecule has 2 heterocycles. The number of hydrogen-bond donors (Lipinski definition) is 2. The van der Waals surface area contributed by atoms with Crippen LogP contribution in [0.15, 0.2) is 48.5 Å². The number of nitro benzene ring substituents is 1. The Kier molecular flexibility index (Phi) is 5.69. The smallest absolute Gasteiger partial charge is 0.292 e. The lowest BCUT2D eigenvalue weighted by atomic mass is 10.0. The van der Waals surface area contributed by atoms with Gasteiger partial charge in [-0.1, -0.05) is 42.0 Å². The number of aromatic nitrogens is 2. The lowest BCUT2D eigenvalue weighted by molar-refractivity contribution is -0.383. The van der Waals surface area contributed by atoms with Crippen LogP contribution in [0.1, 0.15) is 23.7 Å². The monoisotopic (exact) mass is 435 g/mol. The van der Waals surface area contributed by atoms with Gasteiger partial charge in [-0.05, 0) is 18.6 Å². The Balaban J connectivity index is 1.63. The van der Waals surface area contributed by atoms with Crippen LogP contribution in [-0.4, -0.2) is 33.6 Å². The van der Waals surface area contributed by atoms with Crippen LogP contribution in [0.2, 0.25) is 0 Å². The Morgan fingerprint density at radius 2 is 1.97 bits per heavy atom. The summed E-state index contributed by atoms with van der Waals surface area (Å²) < 4.78 is 6.77. The Bertz CT molecular complexity index is 1200. The topological polar surface area (TPSA) is 128 Å². The summed E-state index contributed by atoms with van der Waals surface area (Å²) in [5.41, 5.74) is 3.19. The van der Waals surface area contributed by atoms with Gasteiger partial charge in [0.1, 0.15) is 17.5 Å². The Labute approximate surface area is 183 Å². The molecule has 0 saturated heterocycles. The summed E-state index contributed by atoms with van der Waals surface area (Å²) in [5, 5.41) is 21.1. The van der Waals surface area contributed by atoms with Crippen molar-refractivity contribution in [3.05, 3.63) is 69.9 Å². The number of amides is 2. The molecule has 0 spiro atoms. The van der Waals surface area contributed by atoms with Gasteiger partial charge in [-0.25, -0.2) is 4.68 Å². The van der Waals surface area contributed by atoms with Crippen molar-refractivity contribution >= 4 is 29.0 Å². The summed E-state index contributed by atoms with van der Waals surface area (Å²) in [6, 6.07) is 12.8. The van der Waals surface area contributed by atoms with E-state index in [0.717, 1.165) is 16.7 Å². The molecule has 1 aliphatic heterocycles. The fraction of sp³-hybridized carbons (Fsp3) is 0.227. The maximum Gasteiger partial charge on any atom is 0.292 e. The van der Waals surface area contributed by atoms with E-state index < -0.39 is 16.9 Å². The largest absolute Gasteiger partial charge is 0.378 e. The third-order valence-corrected chi connectivity index (χ3v) is 5.20. The number of anilines is 2. The van der Waals surface area contributed by atoms with Gasteiger partial charge in [0, 0.05) is 18.7 Å². The highest BCUT2D eigenvalue weighted by Crippen LogP contribution is 2.39. The molecule has 1 atom stereocenters. The molecule has 10 nitrogen and oxygen atoms in total. The molecule has 1 aromatic heterocycles. The molecule has 32 heavy (non-hydrogen) atoms. The van der Waals surface area contributed by atoms with Crippen LogP contribution >= 0.6 is 0 Å². The van der Waals surface area contributed by atoms with Crippen molar-refractivity contribution in [2.45, 2.75) is 26.0 Å². The maximum atomic E-state index is 12.7. The van der Waals surface area contributed by atoms with E-state index in [1.165, 1.54) is 22.9 Å². The molecule has 10 heteroatoms. The van der Waals surface area contributed by atoms with Gasteiger partial charge in [-0.3, -0.25) is 19.7 Å². The number of aryl methyl sites for hydroxylation is 1. The van der Waals surface area contributed by atoms with Crippen LogP contribution < -0.4 is 10.6 Å². The molecule has 2 aromatic carbocycles. The van der Waals surface area contributed by atoms with E-state index in [9.17, 15) is 19.7 Å². The maximum absolute atomic E-state index is 12.7. The minimum atomic E-state index is -0.887. The second-order valence-electron chi connectivity index (χ2n) is 7.45. The summed E-state index contributed by atoms with van der Waals surface area (Å²) in [5.74, 6) is -0.412. The number of methoxy groups -OCH3 is 1. The highest BCUT2D eigenvalue weighted by atomic mass is 16.6. The zero-order chi connectivity index (χ0) is 22.8. The summed E-state index contributed by atoms with van der Waals surface area (Å²) in [7, 11) is 1.56. The summed E-state index contributed by atoms with van der Waals surface area (Å²) in [4.78, 5) is 35.9. The minimum Gasteiger partial charge on any atom is -0.378 e. The standard InChI is InChI=1S/C22H21N5O5/c1-13-7-9-14(10-8-13)20-16(12-32-2)25-26-18(22(29)24-21(20)26)11-19(28)23-15-5-3-4-6-17(15)27(30)31/h3-10,18H,11-12H2,1-2H3,(H,23,28)(H,24,29). The van der Waals surface area contributed by atoms with Crippen LogP contribution in [0.3, 0.4) is 0 Å². The van der Waals surface area contributed by atoms with Crippen molar-refractivity contribution in [3.8, 4) is 11.1 Å². The summed E-state index contributed by atoms with van der Waals surface area (Å²) >= 11 is 0. The number of carbonyl (C=O) groups is 2. The van der Waals surface area contributed by atoms with Gasteiger partial charge < -0.3 is 15.4 Å². The third kappa shape index (κ3) is 3.95. The highest BCUT2D eigenvalue weighted by Gasteiger charge is 2.37. The molecule has 0 aliphatic carbocycles. The molecule has 0 fully saturated rings. The Morgan fingerprint density at radius 1 is 1.25 bits per heavy atom. The predicted octanol–water partition coefficient (Wildman–Crippen LogP) is 3.44.